The van der Waals surface area contributed by atoms with Crippen LogP contribution in [-0.2, 0) is 11.3 Å². The summed E-state index contributed by atoms with van der Waals surface area (Å²) in [5.74, 6) is 0.902. The number of imidazole rings is 1. The number of aromatic nitrogens is 2. The molecule has 1 heterocycles. The molecule has 0 aliphatic heterocycles. The van der Waals surface area contributed by atoms with E-state index in [1.807, 2.05) is 18.4 Å². The minimum Gasteiger partial charge on any atom is -0.355 e. The first-order chi connectivity index (χ1) is 8.52. The number of nitrogens with zero attached hydrogens (tertiary/aromatic N) is 2. The van der Waals surface area contributed by atoms with Crippen LogP contribution in [0.15, 0.2) is 12.1 Å². The van der Waals surface area contributed by atoms with Crippen molar-refractivity contribution in [1.29, 1.82) is 0 Å². The Morgan fingerprint density at radius 3 is 2.61 bits per heavy atom. The normalized spacial score (nSPS) is 10.9. The van der Waals surface area contributed by atoms with Crippen LogP contribution in [0.25, 0.3) is 11.0 Å². The van der Waals surface area contributed by atoms with E-state index in [-0.39, 0.29) is 5.91 Å². The van der Waals surface area contributed by atoms with E-state index in [1.165, 1.54) is 11.1 Å². The molecule has 0 saturated heterocycles. The molecule has 0 saturated carbocycles. The van der Waals surface area contributed by atoms with Crippen molar-refractivity contribution in [2.45, 2.75) is 34.2 Å². The number of hydrogen-bond donors (Lipinski definition) is 1. The van der Waals surface area contributed by atoms with E-state index >= 15 is 0 Å². The van der Waals surface area contributed by atoms with Crippen molar-refractivity contribution in [1.82, 2.24) is 14.9 Å². The fraction of sp³-hybridized carbons (Fsp3) is 0.429. The summed E-state index contributed by atoms with van der Waals surface area (Å²) in [5, 5.41) is 2.81. The maximum Gasteiger partial charge on any atom is 0.239 e. The molecule has 96 valence electrons. The zero-order valence-corrected chi connectivity index (χ0v) is 11.4. The SMILES string of the molecule is CCNC(=O)Cn1c(C)nc2cc(C)c(C)cc21. The Labute approximate surface area is 107 Å². The highest BCUT2D eigenvalue weighted by atomic mass is 16.1. The lowest BCUT2D eigenvalue weighted by molar-refractivity contribution is -0.121. The van der Waals surface area contributed by atoms with Crippen LogP contribution in [0.5, 0.6) is 0 Å². The topological polar surface area (TPSA) is 46.9 Å². The third-order valence-corrected chi connectivity index (χ3v) is 3.23. The van der Waals surface area contributed by atoms with Crippen molar-refractivity contribution in [3.63, 3.8) is 0 Å². The molecule has 4 nitrogen and oxygen atoms in total. The molecule has 2 rings (SSSR count). The van der Waals surface area contributed by atoms with Crippen molar-refractivity contribution in [3.05, 3.63) is 29.1 Å². The molecule has 0 atom stereocenters. The van der Waals surface area contributed by atoms with Gasteiger partial charge in [-0.1, -0.05) is 0 Å². The van der Waals surface area contributed by atoms with Gasteiger partial charge in [-0.05, 0) is 51.0 Å². The summed E-state index contributed by atoms with van der Waals surface area (Å²) in [6.45, 7) is 9.00. The molecule has 0 aliphatic rings. The Hall–Kier alpha value is -1.84. The number of rotatable bonds is 3. The summed E-state index contributed by atoms with van der Waals surface area (Å²) in [7, 11) is 0. The number of carbonyl (C=O) groups excluding carboxylic acids is 1. The summed E-state index contributed by atoms with van der Waals surface area (Å²) in [5.41, 5.74) is 4.44. The molecule has 2 aromatic rings. The highest BCUT2D eigenvalue weighted by molar-refractivity contribution is 5.82. The Bertz CT molecular complexity index is 599. The average Bonchev–Trinajstić information content (AvgIpc) is 2.57. The number of amides is 1. The summed E-state index contributed by atoms with van der Waals surface area (Å²) in [6.07, 6.45) is 0. The Morgan fingerprint density at radius 2 is 1.94 bits per heavy atom. The van der Waals surface area contributed by atoms with Crippen molar-refractivity contribution < 1.29 is 4.79 Å². The maximum atomic E-state index is 11.7. The van der Waals surface area contributed by atoms with Gasteiger partial charge < -0.3 is 9.88 Å². The smallest absolute Gasteiger partial charge is 0.239 e. The molecule has 1 aromatic carbocycles. The zero-order chi connectivity index (χ0) is 13.3. The van der Waals surface area contributed by atoms with Gasteiger partial charge in [0.1, 0.15) is 12.4 Å². The van der Waals surface area contributed by atoms with E-state index in [1.54, 1.807) is 0 Å². The molecule has 1 amide bonds. The van der Waals surface area contributed by atoms with Gasteiger partial charge >= 0.3 is 0 Å². The van der Waals surface area contributed by atoms with E-state index < -0.39 is 0 Å². The van der Waals surface area contributed by atoms with Crippen LogP contribution in [0.1, 0.15) is 23.9 Å². The van der Waals surface area contributed by atoms with Crippen LogP contribution in [0, 0.1) is 20.8 Å². The maximum absolute atomic E-state index is 11.7. The van der Waals surface area contributed by atoms with E-state index in [0.29, 0.717) is 13.1 Å². The van der Waals surface area contributed by atoms with Crippen molar-refractivity contribution in [3.8, 4) is 0 Å². The van der Waals surface area contributed by atoms with Gasteiger partial charge in [-0.2, -0.15) is 0 Å². The summed E-state index contributed by atoms with van der Waals surface area (Å²) >= 11 is 0. The Kier molecular flexibility index (Phi) is 3.36. The van der Waals surface area contributed by atoms with Gasteiger partial charge in [0.15, 0.2) is 0 Å². The monoisotopic (exact) mass is 245 g/mol. The van der Waals surface area contributed by atoms with Gasteiger partial charge in [0, 0.05) is 6.54 Å². The van der Waals surface area contributed by atoms with Gasteiger partial charge in [-0.3, -0.25) is 4.79 Å². The predicted molar refractivity (Wildman–Crippen MR) is 72.6 cm³/mol. The number of carbonyl (C=O) groups is 1. The standard InChI is InChI=1S/C14H19N3O/c1-5-15-14(18)8-17-11(4)16-12-6-9(2)10(3)7-13(12)17/h6-7H,5,8H2,1-4H3,(H,15,18). The number of aryl methyl sites for hydroxylation is 3. The Balaban J connectivity index is 2.46. The van der Waals surface area contributed by atoms with Crippen LogP contribution in [0.4, 0.5) is 0 Å². The van der Waals surface area contributed by atoms with Crippen molar-refractivity contribution in [2.24, 2.45) is 0 Å². The quantitative estimate of drug-likeness (QED) is 0.900. The molecule has 0 spiro atoms. The van der Waals surface area contributed by atoms with E-state index in [4.69, 9.17) is 0 Å². The van der Waals surface area contributed by atoms with Crippen LogP contribution < -0.4 is 5.32 Å². The fourth-order valence-electron chi connectivity index (χ4n) is 2.10. The molecule has 0 aliphatic carbocycles. The lowest BCUT2D eigenvalue weighted by atomic mass is 10.1. The number of hydrogen-bond acceptors (Lipinski definition) is 2. The minimum absolute atomic E-state index is 0.0260. The molecule has 4 heteroatoms. The molecule has 0 unspecified atom stereocenters. The van der Waals surface area contributed by atoms with E-state index in [0.717, 1.165) is 16.9 Å². The molecule has 1 aromatic heterocycles. The molecule has 18 heavy (non-hydrogen) atoms. The second-order valence-electron chi connectivity index (χ2n) is 4.62. The first-order valence-electron chi connectivity index (χ1n) is 6.23. The molecular formula is C14H19N3O. The second-order valence-corrected chi connectivity index (χ2v) is 4.62. The number of fused-ring (bicyclic) bond motifs is 1. The number of likely N-dealkylation sites (N-methyl/N-ethyl adjacent to an activating group) is 1. The van der Waals surface area contributed by atoms with Crippen LogP contribution in [-0.4, -0.2) is 22.0 Å². The minimum atomic E-state index is 0.0260. The molecule has 1 N–H and O–H groups in total. The summed E-state index contributed by atoms with van der Waals surface area (Å²) < 4.78 is 1.97. The van der Waals surface area contributed by atoms with Crippen molar-refractivity contribution in [2.75, 3.05) is 6.54 Å². The molecular weight excluding hydrogens is 226 g/mol. The van der Waals surface area contributed by atoms with Crippen LogP contribution in [0.3, 0.4) is 0 Å². The van der Waals surface area contributed by atoms with Crippen LogP contribution in [0.2, 0.25) is 0 Å². The molecule has 0 bridgehead atoms. The Morgan fingerprint density at radius 1 is 1.28 bits per heavy atom. The second kappa shape index (κ2) is 4.80. The van der Waals surface area contributed by atoms with Crippen molar-refractivity contribution >= 4 is 16.9 Å². The third-order valence-electron chi connectivity index (χ3n) is 3.23. The predicted octanol–water partition coefficient (Wildman–Crippen LogP) is 2.10. The number of benzene rings is 1. The fourth-order valence-corrected chi connectivity index (χ4v) is 2.10. The van der Waals surface area contributed by atoms with Gasteiger partial charge in [-0.25, -0.2) is 4.98 Å². The first-order valence-corrected chi connectivity index (χ1v) is 6.23. The third kappa shape index (κ3) is 2.23. The average molecular weight is 245 g/mol. The zero-order valence-electron chi connectivity index (χ0n) is 11.4. The number of nitrogens with one attached hydrogen (secondary N) is 1. The largest absolute Gasteiger partial charge is 0.355 e. The van der Waals surface area contributed by atoms with E-state index in [9.17, 15) is 4.79 Å². The van der Waals surface area contributed by atoms with Gasteiger partial charge in [0.2, 0.25) is 5.91 Å². The highest BCUT2D eigenvalue weighted by Gasteiger charge is 2.11. The van der Waals surface area contributed by atoms with Gasteiger partial charge in [0.25, 0.3) is 0 Å². The lowest BCUT2D eigenvalue weighted by Crippen LogP contribution is -2.27. The van der Waals surface area contributed by atoms with E-state index in [2.05, 4.69) is 36.3 Å². The highest BCUT2D eigenvalue weighted by Crippen LogP contribution is 2.20. The van der Waals surface area contributed by atoms with Gasteiger partial charge in [-0.15, -0.1) is 0 Å². The lowest BCUT2D eigenvalue weighted by Gasteiger charge is -2.07. The summed E-state index contributed by atoms with van der Waals surface area (Å²) in [6, 6.07) is 4.18. The van der Waals surface area contributed by atoms with Crippen LogP contribution >= 0.6 is 0 Å². The molecule has 0 fully saturated rings. The molecule has 0 radical (unpaired) electrons. The summed E-state index contributed by atoms with van der Waals surface area (Å²) in [4.78, 5) is 16.2. The van der Waals surface area contributed by atoms with Gasteiger partial charge in [0.05, 0.1) is 11.0 Å². The first kappa shape index (κ1) is 12.6.